The van der Waals surface area contributed by atoms with Gasteiger partial charge in [0.2, 0.25) is 0 Å². The van der Waals surface area contributed by atoms with E-state index in [0.717, 1.165) is 27.6 Å². The molecule has 8 heteroatoms. The van der Waals surface area contributed by atoms with Crippen LogP contribution < -0.4 is 5.32 Å². The Balaban J connectivity index is 1.45. The predicted molar refractivity (Wildman–Crippen MR) is 121 cm³/mol. The molecule has 0 radical (unpaired) electrons. The number of hydrogen-bond donors (Lipinski definition) is 1. The molecule has 0 saturated heterocycles. The summed E-state index contributed by atoms with van der Waals surface area (Å²) in [6.45, 7) is 0. The summed E-state index contributed by atoms with van der Waals surface area (Å²) in [4.78, 5) is 22.9. The zero-order valence-corrected chi connectivity index (χ0v) is 17.5. The summed E-state index contributed by atoms with van der Waals surface area (Å²) in [5.41, 5.74) is 3.20. The molecule has 1 N–H and O–H groups in total. The smallest absolute Gasteiger partial charge is 0.257 e. The summed E-state index contributed by atoms with van der Waals surface area (Å²) in [6, 6.07) is 19.0. The summed E-state index contributed by atoms with van der Waals surface area (Å²) in [5.74, 6) is 0.590. The van der Waals surface area contributed by atoms with Crippen LogP contribution in [0.1, 0.15) is 10.4 Å². The van der Waals surface area contributed by atoms with E-state index in [1.54, 1.807) is 29.2 Å². The molecule has 7 nitrogen and oxygen atoms in total. The highest BCUT2D eigenvalue weighted by atomic mass is 32.1. The van der Waals surface area contributed by atoms with E-state index in [4.69, 9.17) is 4.98 Å². The summed E-state index contributed by atoms with van der Waals surface area (Å²) in [6.07, 6.45) is 7.22. The second kappa shape index (κ2) is 8.00. The molecule has 0 unspecified atom stereocenters. The SMILES string of the molecule is Cn1ccnc1-c1sc(NC(=O)c2ccc(-n3cccn3)cc2)nc1-c1ccccc1. The molecule has 5 aromatic rings. The first-order valence-electron chi connectivity index (χ1n) is 9.64. The van der Waals surface area contributed by atoms with Gasteiger partial charge in [-0.05, 0) is 30.3 Å². The highest BCUT2D eigenvalue weighted by Gasteiger charge is 2.19. The molecule has 0 aliphatic carbocycles. The fourth-order valence-electron chi connectivity index (χ4n) is 3.26. The molecular weight excluding hydrogens is 408 g/mol. The van der Waals surface area contributed by atoms with Gasteiger partial charge in [0.15, 0.2) is 11.0 Å². The van der Waals surface area contributed by atoms with E-state index in [1.165, 1.54) is 11.3 Å². The van der Waals surface area contributed by atoms with Gasteiger partial charge in [0.25, 0.3) is 5.91 Å². The number of carbonyl (C=O) groups excluding carboxylic acids is 1. The zero-order chi connectivity index (χ0) is 21.2. The number of amides is 1. The first-order chi connectivity index (χ1) is 15.2. The number of benzene rings is 2. The monoisotopic (exact) mass is 426 g/mol. The second-order valence-corrected chi connectivity index (χ2v) is 7.88. The maximum absolute atomic E-state index is 12.8. The van der Waals surface area contributed by atoms with Crippen molar-refractivity contribution in [1.29, 1.82) is 0 Å². The first kappa shape index (κ1) is 19.0. The number of aromatic nitrogens is 5. The number of rotatable bonds is 5. The van der Waals surface area contributed by atoms with Crippen molar-refractivity contribution >= 4 is 22.4 Å². The topological polar surface area (TPSA) is 77.6 Å². The number of aryl methyl sites for hydroxylation is 1. The molecule has 0 spiro atoms. The molecule has 3 heterocycles. The van der Waals surface area contributed by atoms with Crippen molar-refractivity contribution in [1.82, 2.24) is 24.3 Å². The van der Waals surface area contributed by atoms with E-state index < -0.39 is 0 Å². The molecule has 0 bridgehead atoms. The van der Waals surface area contributed by atoms with Crippen molar-refractivity contribution < 1.29 is 4.79 Å². The lowest BCUT2D eigenvalue weighted by atomic mass is 10.1. The van der Waals surface area contributed by atoms with Gasteiger partial charge in [-0.2, -0.15) is 5.10 Å². The third-order valence-corrected chi connectivity index (χ3v) is 5.78. The Labute approximate surface area is 182 Å². The molecule has 5 rings (SSSR count). The van der Waals surface area contributed by atoms with Gasteiger partial charge in [0, 0.05) is 43.0 Å². The summed E-state index contributed by atoms with van der Waals surface area (Å²) in [5, 5.41) is 7.66. The Bertz CT molecular complexity index is 1320. The first-order valence-corrected chi connectivity index (χ1v) is 10.5. The van der Waals surface area contributed by atoms with Gasteiger partial charge >= 0.3 is 0 Å². The van der Waals surface area contributed by atoms with Crippen molar-refractivity contribution in [3.05, 3.63) is 91.0 Å². The number of hydrogen-bond acceptors (Lipinski definition) is 5. The van der Waals surface area contributed by atoms with Gasteiger partial charge in [0.05, 0.1) is 16.3 Å². The molecule has 0 saturated carbocycles. The molecular formula is C23H18N6OS. The van der Waals surface area contributed by atoms with Crippen molar-refractivity contribution in [2.24, 2.45) is 7.05 Å². The normalized spacial score (nSPS) is 10.9. The Morgan fingerprint density at radius 3 is 2.45 bits per heavy atom. The van der Waals surface area contributed by atoms with Crippen LogP contribution in [0.4, 0.5) is 5.13 Å². The number of nitrogens with zero attached hydrogens (tertiary/aromatic N) is 5. The lowest BCUT2D eigenvalue weighted by molar-refractivity contribution is 0.102. The average Bonchev–Trinajstić information content (AvgIpc) is 3.55. The lowest BCUT2D eigenvalue weighted by Gasteiger charge is -2.04. The third kappa shape index (κ3) is 3.76. The van der Waals surface area contributed by atoms with Crippen LogP contribution in [0.25, 0.3) is 27.6 Å². The molecule has 0 aliphatic heterocycles. The minimum Gasteiger partial charge on any atom is -0.333 e. The van der Waals surface area contributed by atoms with E-state index in [-0.39, 0.29) is 5.91 Å². The van der Waals surface area contributed by atoms with Gasteiger partial charge < -0.3 is 4.57 Å². The summed E-state index contributed by atoms with van der Waals surface area (Å²) in [7, 11) is 1.94. The molecule has 1 amide bonds. The zero-order valence-electron chi connectivity index (χ0n) is 16.6. The number of imidazole rings is 1. The summed E-state index contributed by atoms with van der Waals surface area (Å²) < 4.78 is 3.69. The minimum atomic E-state index is -0.216. The number of anilines is 1. The highest BCUT2D eigenvalue weighted by Crippen LogP contribution is 2.38. The van der Waals surface area contributed by atoms with E-state index >= 15 is 0 Å². The largest absolute Gasteiger partial charge is 0.333 e. The molecule has 3 aromatic heterocycles. The van der Waals surface area contributed by atoms with Crippen molar-refractivity contribution in [2.45, 2.75) is 0 Å². The molecule has 0 aliphatic rings. The van der Waals surface area contributed by atoms with Crippen LogP contribution in [0.5, 0.6) is 0 Å². The summed E-state index contributed by atoms with van der Waals surface area (Å²) >= 11 is 1.41. The van der Waals surface area contributed by atoms with E-state index in [1.807, 2.05) is 72.5 Å². The Morgan fingerprint density at radius 2 is 1.77 bits per heavy atom. The van der Waals surface area contributed by atoms with Crippen LogP contribution in [0, 0.1) is 0 Å². The predicted octanol–water partition coefficient (Wildman–Crippen LogP) is 4.65. The highest BCUT2D eigenvalue weighted by molar-refractivity contribution is 7.19. The van der Waals surface area contributed by atoms with Crippen LogP contribution in [0.2, 0.25) is 0 Å². The molecule has 2 aromatic carbocycles. The van der Waals surface area contributed by atoms with Crippen LogP contribution in [-0.4, -0.2) is 30.2 Å². The van der Waals surface area contributed by atoms with E-state index in [2.05, 4.69) is 15.4 Å². The third-order valence-electron chi connectivity index (χ3n) is 4.82. The van der Waals surface area contributed by atoms with E-state index in [0.29, 0.717) is 10.7 Å². The Morgan fingerprint density at radius 1 is 0.968 bits per heavy atom. The number of thiazole rings is 1. The van der Waals surface area contributed by atoms with Crippen LogP contribution in [0.3, 0.4) is 0 Å². The standard InChI is InChI=1S/C23H18N6OS/c1-28-15-13-24-21(28)20-19(16-6-3-2-4-7-16)26-23(31-20)27-22(30)17-8-10-18(11-9-17)29-14-5-12-25-29/h2-15H,1H3,(H,26,27,30). The maximum Gasteiger partial charge on any atom is 0.257 e. The van der Waals surface area contributed by atoms with Gasteiger partial charge in [-0.3, -0.25) is 10.1 Å². The molecule has 31 heavy (non-hydrogen) atoms. The minimum absolute atomic E-state index is 0.216. The van der Waals surface area contributed by atoms with Gasteiger partial charge in [-0.1, -0.05) is 41.7 Å². The molecule has 152 valence electrons. The molecule has 0 fully saturated rings. The van der Waals surface area contributed by atoms with Crippen molar-refractivity contribution in [2.75, 3.05) is 5.32 Å². The van der Waals surface area contributed by atoms with Crippen LogP contribution in [-0.2, 0) is 7.05 Å². The van der Waals surface area contributed by atoms with Gasteiger partial charge in [-0.25, -0.2) is 14.6 Å². The average molecular weight is 427 g/mol. The maximum atomic E-state index is 12.8. The fraction of sp³-hybridized carbons (Fsp3) is 0.0435. The van der Waals surface area contributed by atoms with Crippen molar-refractivity contribution in [3.8, 4) is 27.6 Å². The Kier molecular flexibility index (Phi) is 4.89. The Hall–Kier alpha value is -4.04. The quantitative estimate of drug-likeness (QED) is 0.444. The van der Waals surface area contributed by atoms with Gasteiger partial charge in [-0.15, -0.1) is 0 Å². The molecule has 0 atom stereocenters. The number of carbonyl (C=O) groups is 1. The second-order valence-electron chi connectivity index (χ2n) is 6.88. The number of nitrogens with one attached hydrogen (secondary N) is 1. The van der Waals surface area contributed by atoms with Gasteiger partial charge in [0.1, 0.15) is 0 Å². The van der Waals surface area contributed by atoms with E-state index in [9.17, 15) is 4.79 Å². The lowest BCUT2D eigenvalue weighted by Crippen LogP contribution is -2.11. The van der Waals surface area contributed by atoms with Crippen molar-refractivity contribution in [3.63, 3.8) is 0 Å². The van der Waals surface area contributed by atoms with Crippen LogP contribution in [0.15, 0.2) is 85.5 Å². The van der Waals surface area contributed by atoms with Crippen LogP contribution >= 0.6 is 11.3 Å². The fourth-order valence-corrected chi connectivity index (χ4v) is 4.28.